The van der Waals surface area contributed by atoms with Crippen LogP contribution in [0, 0.1) is 25.7 Å². The Bertz CT molecular complexity index is 728. The molecule has 1 saturated heterocycles. The predicted molar refractivity (Wildman–Crippen MR) is 101 cm³/mol. The van der Waals surface area contributed by atoms with Crippen molar-refractivity contribution >= 4 is 15.9 Å². The lowest BCUT2D eigenvalue weighted by Crippen LogP contribution is -2.46. The van der Waals surface area contributed by atoms with Crippen LogP contribution in [0.3, 0.4) is 0 Å². The lowest BCUT2D eigenvalue weighted by Gasteiger charge is -2.32. The van der Waals surface area contributed by atoms with Crippen LogP contribution in [-0.4, -0.2) is 38.0 Å². The minimum atomic E-state index is -3.25. The zero-order valence-electron chi connectivity index (χ0n) is 15.9. The van der Waals surface area contributed by atoms with Gasteiger partial charge in [-0.2, -0.15) is 0 Å². The third kappa shape index (κ3) is 5.05. The molecule has 0 bridgehead atoms. The van der Waals surface area contributed by atoms with Gasteiger partial charge in [-0.1, -0.05) is 37.6 Å². The van der Waals surface area contributed by atoms with E-state index < -0.39 is 10.0 Å². The van der Waals surface area contributed by atoms with E-state index in [0.717, 1.165) is 18.4 Å². The highest BCUT2D eigenvalue weighted by molar-refractivity contribution is 7.88. The number of rotatable bonds is 5. The molecule has 1 N–H and O–H groups in total. The second kappa shape index (κ2) is 7.87. The maximum absolute atomic E-state index is 12.8. The van der Waals surface area contributed by atoms with Crippen LogP contribution in [0.2, 0.25) is 0 Å². The van der Waals surface area contributed by atoms with Crippen LogP contribution >= 0.6 is 0 Å². The average Bonchev–Trinajstić information content (AvgIpc) is 2.52. The van der Waals surface area contributed by atoms with Crippen LogP contribution in [-0.2, 0) is 14.8 Å². The number of amides is 1. The topological polar surface area (TPSA) is 66.5 Å². The molecule has 1 fully saturated rings. The highest BCUT2D eigenvalue weighted by Gasteiger charge is 2.32. The zero-order chi connectivity index (χ0) is 18.8. The van der Waals surface area contributed by atoms with Crippen molar-refractivity contribution in [1.82, 2.24) is 9.62 Å². The Morgan fingerprint density at radius 1 is 1.28 bits per heavy atom. The van der Waals surface area contributed by atoms with Gasteiger partial charge in [-0.25, -0.2) is 12.7 Å². The van der Waals surface area contributed by atoms with E-state index in [1.54, 1.807) is 0 Å². The smallest absolute Gasteiger partial charge is 0.224 e. The fourth-order valence-electron chi connectivity index (χ4n) is 3.51. The molecule has 1 aliphatic rings. The molecule has 1 aliphatic heterocycles. The summed E-state index contributed by atoms with van der Waals surface area (Å²) < 4.78 is 25.0. The van der Waals surface area contributed by atoms with Gasteiger partial charge in [0.15, 0.2) is 0 Å². The Labute approximate surface area is 151 Å². The molecular formula is C19H30N2O3S. The number of piperidine rings is 1. The van der Waals surface area contributed by atoms with Crippen LogP contribution in [0.5, 0.6) is 0 Å². The molecular weight excluding hydrogens is 336 g/mol. The first-order chi connectivity index (χ1) is 11.6. The normalized spacial score (nSPS) is 20.5. The Kier molecular flexibility index (Phi) is 6.27. The molecule has 1 aromatic rings. The van der Waals surface area contributed by atoms with Gasteiger partial charge >= 0.3 is 0 Å². The summed E-state index contributed by atoms with van der Waals surface area (Å²) in [5.41, 5.74) is 3.50. The fraction of sp³-hybridized carbons (Fsp3) is 0.632. The van der Waals surface area contributed by atoms with Gasteiger partial charge in [0.2, 0.25) is 15.9 Å². The highest BCUT2D eigenvalue weighted by atomic mass is 32.2. The van der Waals surface area contributed by atoms with E-state index >= 15 is 0 Å². The Hall–Kier alpha value is -1.40. The summed E-state index contributed by atoms with van der Waals surface area (Å²) in [6, 6.07) is 6.21. The molecule has 0 aromatic heterocycles. The van der Waals surface area contributed by atoms with E-state index in [0.29, 0.717) is 6.54 Å². The van der Waals surface area contributed by atoms with Crippen molar-refractivity contribution in [3.63, 3.8) is 0 Å². The van der Waals surface area contributed by atoms with Gasteiger partial charge < -0.3 is 5.32 Å². The molecule has 2 atom stereocenters. The van der Waals surface area contributed by atoms with Gasteiger partial charge in [-0.05, 0) is 43.7 Å². The van der Waals surface area contributed by atoms with Gasteiger partial charge in [0, 0.05) is 13.1 Å². The monoisotopic (exact) mass is 366 g/mol. The predicted octanol–water partition coefficient (Wildman–Crippen LogP) is 2.79. The third-order valence-corrected chi connectivity index (χ3v) is 6.22. The van der Waals surface area contributed by atoms with E-state index in [2.05, 4.69) is 51.2 Å². The van der Waals surface area contributed by atoms with Crippen molar-refractivity contribution in [3.8, 4) is 0 Å². The van der Waals surface area contributed by atoms with Crippen LogP contribution in [0.1, 0.15) is 49.4 Å². The number of nitrogens with zero attached hydrogens (tertiary/aromatic N) is 1. The summed E-state index contributed by atoms with van der Waals surface area (Å²) in [4.78, 5) is 12.8. The van der Waals surface area contributed by atoms with Gasteiger partial charge in [-0.3, -0.25) is 4.79 Å². The van der Waals surface area contributed by atoms with E-state index in [1.807, 2.05) is 0 Å². The molecule has 0 spiro atoms. The molecule has 0 saturated carbocycles. The lowest BCUT2D eigenvalue weighted by molar-refractivity contribution is -0.127. The minimum absolute atomic E-state index is 0.0491. The molecule has 1 heterocycles. The Morgan fingerprint density at radius 2 is 1.96 bits per heavy atom. The van der Waals surface area contributed by atoms with Crippen LogP contribution < -0.4 is 5.32 Å². The summed E-state index contributed by atoms with van der Waals surface area (Å²) in [5, 5.41) is 3.17. The molecule has 0 aliphatic carbocycles. The van der Waals surface area contributed by atoms with Crippen LogP contribution in [0.4, 0.5) is 0 Å². The number of hydrogen-bond donors (Lipinski definition) is 1. The first-order valence-corrected chi connectivity index (χ1v) is 10.8. The van der Waals surface area contributed by atoms with Gasteiger partial charge in [-0.15, -0.1) is 0 Å². The molecule has 1 amide bonds. The first-order valence-electron chi connectivity index (χ1n) is 8.92. The van der Waals surface area contributed by atoms with Crippen molar-refractivity contribution in [1.29, 1.82) is 0 Å². The standard InChI is InChI=1S/C19H30N2O3S/c1-13(2)18(17-9-8-14(3)11-15(17)4)20-19(22)16-7-6-10-21(12-16)25(5,23)24/h8-9,11,13,16,18H,6-7,10,12H2,1-5H3,(H,20,22)/t16-,18+/m1/s1. The number of carbonyl (C=O) groups is 1. The highest BCUT2D eigenvalue weighted by Crippen LogP contribution is 2.27. The SMILES string of the molecule is Cc1ccc([C@@H](NC(=O)[C@@H]2CCCN(S(C)(=O)=O)C2)C(C)C)c(C)c1. The maximum Gasteiger partial charge on any atom is 0.224 e. The molecule has 140 valence electrons. The summed E-state index contributed by atoms with van der Waals surface area (Å²) >= 11 is 0. The first kappa shape index (κ1) is 19.9. The van der Waals surface area contributed by atoms with E-state index in [9.17, 15) is 13.2 Å². The zero-order valence-corrected chi connectivity index (χ0v) is 16.7. The number of sulfonamides is 1. The summed E-state index contributed by atoms with van der Waals surface area (Å²) in [6.07, 6.45) is 2.66. The van der Waals surface area contributed by atoms with Crippen molar-refractivity contribution in [2.75, 3.05) is 19.3 Å². The van der Waals surface area contributed by atoms with Crippen molar-refractivity contribution < 1.29 is 13.2 Å². The second-order valence-electron chi connectivity index (χ2n) is 7.55. The minimum Gasteiger partial charge on any atom is -0.349 e. The molecule has 25 heavy (non-hydrogen) atoms. The fourth-order valence-corrected chi connectivity index (χ4v) is 4.42. The molecule has 1 aromatic carbocycles. The van der Waals surface area contributed by atoms with Gasteiger partial charge in [0.05, 0.1) is 18.2 Å². The van der Waals surface area contributed by atoms with Crippen molar-refractivity contribution in [2.24, 2.45) is 11.8 Å². The van der Waals surface area contributed by atoms with Crippen LogP contribution in [0.15, 0.2) is 18.2 Å². The molecule has 0 radical (unpaired) electrons. The quantitative estimate of drug-likeness (QED) is 0.871. The van der Waals surface area contributed by atoms with Crippen molar-refractivity contribution in [2.45, 2.75) is 46.6 Å². The molecule has 5 nitrogen and oxygen atoms in total. The van der Waals surface area contributed by atoms with E-state index in [-0.39, 0.29) is 30.3 Å². The Morgan fingerprint density at radius 3 is 2.52 bits per heavy atom. The summed E-state index contributed by atoms with van der Waals surface area (Å²) in [5.74, 6) is -0.0811. The number of carbonyl (C=O) groups excluding carboxylic acids is 1. The summed E-state index contributed by atoms with van der Waals surface area (Å²) in [6.45, 7) is 9.09. The van der Waals surface area contributed by atoms with Gasteiger partial charge in [0.1, 0.15) is 0 Å². The largest absolute Gasteiger partial charge is 0.349 e. The number of benzene rings is 1. The van der Waals surface area contributed by atoms with Crippen molar-refractivity contribution in [3.05, 3.63) is 34.9 Å². The molecule has 6 heteroatoms. The maximum atomic E-state index is 12.8. The van der Waals surface area contributed by atoms with E-state index in [4.69, 9.17) is 0 Å². The van der Waals surface area contributed by atoms with Gasteiger partial charge in [0.25, 0.3) is 0 Å². The Balaban J connectivity index is 2.15. The molecule has 2 rings (SSSR count). The summed E-state index contributed by atoms with van der Waals surface area (Å²) in [7, 11) is -3.25. The average molecular weight is 367 g/mol. The number of hydrogen-bond acceptors (Lipinski definition) is 3. The van der Waals surface area contributed by atoms with E-state index in [1.165, 1.54) is 21.7 Å². The number of aryl methyl sites for hydroxylation is 2. The second-order valence-corrected chi connectivity index (χ2v) is 9.53. The third-order valence-electron chi connectivity index (χ3n) is 4.95. The van der Waals surface area contributed by atoms with Crippen LogP contribution in [0.25, 0.3) is 0 Å². The lowest BCUT2D eigenvalue weighted by atomic mass is 9.90. The molecule has 0 unspecified atom stereocenters. The number of nitrogens with one attached hydrogen (secondary N) is 1.